The lowest BCUT2D eigenvalue weighted by Gasteiger charge is -2.54. The Bertz CT molecular complexity index is 1890. The second-order valence-electron chi connectivity index (χ2n) is 13.4. The molecule has 2 amide bonds. The lowest BCUT2D eigenvalue weighted by molar-refractivity contribution is -0.244. The van der Waals surface area contributed by atoms with Gasteiger partial charge in [-0.15, -0.1) is 0 Å². The van der Waals surface area contributed by atoms with E-state index in [4.69, 9.17) is 4.74 Å². The number of aryl methyl sites for hydroxylation is 2. The van der Waals surface area contributed by atoms with Gasteiger partial charge in [0, 0.05) is 30.9 Å². The minimum atomic E-state index is -4.31. The lowest BCUT2D eigenvalue weighted by atomic mass is 9.69. The van der Waals surface area contributed by atoms with Gasteiger partial charge < -0.3 is 29.5 Å². The van der Waals surface area contributed by atoms with Crippen molar-refractivity contribution in [1.29, 1.82) is 0 Å². The van der Waals surface area contributed by atoms with Crippen molar-refractivity contribution >= 4 is 28.7 Å². The number of hydrogen-bond donors (Lipinski definition) is 2. The summed E-state index contributed by atoms with van der Waals surface area (Å²) in [6.07, 6.45) is -1.47. The molecule has 0 aromatic carbocycles. The second kappa shape index (κ2) is 11.3. The van der Waals surface area contributed by atoms with Crippen molar-refractivity contribution in [3.8, 4) is 11.6 Å². The molecule has 48 heavy (non-hydrogen) atoms. The van der Waals surface area contributed by atoms with Gasteiger partial charge in [0.25, 0.3) is 5.91 Å². The van der Waals surface area contributed by atoms with Crippen LogP contribution in [0.2, 0.25) is 0 Å². The summed E-state index contributed by atoms with van der Waals surface area (Å²) in [6, 6.07) is -1.07. The number of methoxy groups -OCH3 is 1. The minimum Gasteiger partial charge on any atom is -0.504 e. The molecule has 3 atom stereocenters. The first-order chi connectivity index (χ1) is 22.8. The van der Waals surface area contributed by atoms with E-state index in [2.05, 4.69) is 25.3 Å². The predicted molar refractivity (Wildman–Crippen MR) is 166 cm³/mol. The molecule has 1 aliphatic heterocycles. The number of halogens is 3. The average Bonchev–Trinajstić information content (AvgIpc) is 3.55. The third-order valence-corrected chi connectivity index (χ3v) is 10.9. The fraction of sp³-hybridized carbons (Fsp3) is 0.594. The van der Waals surface area contributed by atoms with E-state index in [9.17, 15) is 32.7 Å². The Morgan fingerprint density at radius 2 is 1.81 bits per heavy atom. The van der Waals surface area contributed by atoms with Crippen LogP contribution in [0.5, 0.6) is 11.6 Å². The Labute approximate surface area is 273 Å². The Morgan fingerprint density at radius 3 is 2.44 bits per heavy atom. The number of fused-ring (bicyclic) bond motifs is 3. The highest BCUT2D eigenvalue weighted by Crippen LogP contribution is 2.65. The van der Waals surface area contributed by atoms with Gasteiger partial charge in [-0.2, -0.15) is 13.2 Å². The highest BCUT2D eigenvalue weighted by Gasteiger charge is 2.69. The van der Waals surface area contributed by atoms with E-state index in [-0.39, 0.29) is 90.8 Å². The maximum atomic E-state index is 14.3. The van der Waals surface area contributed by atoms with E-state index in [0.29, 0.717) is 42.0 Å². The number of rotatable bonds is 7. The minimum absolute atomic E-state index is 0.00681. The summed E-state index contributed by atoms with van der Waals surface area (Å²) in [5, 5.41) is 13.3. The molecule has 2 bridgehead atoms. The first kappa shape index (κ1) is 32.1. The first-order valence-corrected chi connectivity index (χ1v) is 16.2. The molecule has 16 heteroatoms. The highest BCUT2D eigenvalue weighted by molar-refractivity contribution is 5.95. The van der Waals surface area contributed by atoms with Crippen LogP contribution >= 0.6 is 0 Å². The van der Waals surface area contributed by atoms with E-state index in [0.717, 1.165) is 0 Å². The molecule has 13 nitrogen and oxygen atoms in total. The molecular weight excluding hydrogens is 633 g/mol. The number of ether oxygens (including phenoxy) is 1. The number of alkyl halides is 3. The van der Waals surface area contributed by atoms with Crippen LogP contribution < -0.4 is 20.4 Å². The van der Waals surface area contributed by atoms with Gasteiger partial charge in [-0.25, -0.2) is 19.9 Å². The third-order valence-electron chi connectivity index (χ3n) is 10.9. The van der Waals surface area contributed by atoms with Crippen molar-refractivity contribution in [1.82, 2.24) is 34.7 Å². The number of aromatic hydroxyl groups is 1. The number of nitrogens with zero attached hydrogens (tertiary/aromatic N) is 7. The van der Waals surface area contributed by atoms with Crippen LogP contribution in [0.4, 0.5) is 18.9 Å². The number of nitrogens with one attached hydrogen (secondary N) is 1. The zero-order valence-corrected chi connectivity index (χ0v) is 27.1. The van der Waals surface area contributed by atoms with Crippen molar-refractivity contribution in [2.24, 2.45) is 11.3 Å². The molecule has 1 unspecified atom stereocenters. The van der Waals surface area contributed by atoms with Crippen LogP contribution in [-0.4, -0.2) is 90.8 Å². The van der Waals surface area contributed by atoms with Crippen molar-refractivity contribution < 1.29 is 32.6 Å². The second-order valence-corrected chi connectivity index (χ2v) is 13.4. The van der Waals surface area contributed by atoms with Gasteiger partial charge >= 0.3 is 6.18 Å². The number of hydrogen-bond acceptors (Lipinski definition) is 10. The summed E-state index contributed by atoms with van der Waals surface area (Å²) in [5.41, 5.74) is -0.408. The summed E-state index contributed by atoms with van der Waals surface area (Å²) in [7, 11) is 1.42. The molecular formula is C32H37F3N8O5. The van der Waals surface area contributed by atoms with Crippen LogP contribution in [0, 0.1) is 25.2 Å². The van der Waals surface area contributed by atoms with E-state index < -0.39 is 29.4 Å². The van der Waals surface area contributed by atoms with Crippen molar-refractivity contribution in [2.45, 2.75) is 90.1 Å². The van der Waals surface area contributed by atoms with Gasteiger partial charge in [-0.1, -0.05) is 6.92 Å². The number of carbonyl (C=O) groups is 2. The largest absolute Gasteiger partial charge is 0.504 e. The van der Waals surface area contributed by atoms with Crippen LogP contribution in [0.25, 0.3) is 11.2 Å². The summed E-state index contributed by atoms with van der Waals surface area (Å²) >= 11 is 0. The highest BCUT2D eigenvalue weighted by atomic mass is 19.4. The quantitative estimate of drug-likeness (QED) is 0.384. The van der Waals surface area contributed by atoms with Gasteiger partial charge in [0.15, 0.2) is 22.6 Å². The van der Waals surface area contributed by atoms with Crippen molar-refractivity contribution in [2.75, 3.05) is 25.1 Å². The molecule has 5 fully saturated rings. The number of aromatic nitrogens is 5. The fourth-order valence-electron chi connectivity index (χ4n) is 8.27. The molecule has 4 saturated carbocycles. The molecule has 1 saturated heterocycles. The molecule has 256 valence electrons. The van der Waals surface area contributed by atoms with Crippen LogP contribution in [0.3, 0.4) is 0 Å². The molecule has 5 aliphatic rings. The molecule has 3 aromatic heterocycles. The summed E-state index contributed by atoms with van der Waals surface area (Å²) in [4.78, 5) is 62.2. The van der Waals surface area contributed by atoms with E-state index in [1.165, 1.54) is 13.4 Å². The standard InChI is InChI=1S/C32H37F3N8O5/c1-5-19-25(41-8-9-42(21-7-6-20(21)41)30(47)24-26(45)15(2)36-14-37-24)27(46)23-28(38-16(3)29(40-23)48-4)43(19)13-22(44)39-18-12-31(32(33,34)35)10-17(18)11-31/h14,17-18,20-21,45H,5-13H2,1-4H3,(H,39,44)/t17?,18?,20-,21-,31?/m1/s1. The molecule has 0 spiro atoms. The number of carbonyl (C=O) groups excluding carboxylic acids is 2. The fourth-order valence-corrected chi connectivity index (χ4v) is 8.27. The van der Waals surface area contributed by atoms with Gasteiger partial charge in [-0.3, -0.25) is 14.4 Å². The monoisotopic (exact) mass is 670 g/mol. The van der Waals surface area contributed by atoms with Crippen molar-refractivity contribution in [3.63, 3.8) is 0 Å². The molecule has 4 heterocycles. The summed E-state index contributed by atoms with van der Waals surface area (Å²) < 4.78 is 48.2. The van der Waals surface area contributed by atoms with E-state index in [1.807, 2.05) is 11.8 Å². The van der Waals surface area contributed by atoms with Gasteiger partial charge in [0.05, 0.1) is 24.3 Å². The molecule has 3 aromatic rings. The Morgan fingerprint density at radius 1 is 1.08 bits per heavy atom. The smallest absolute Gasteiger partial charge is 0.394 e. The topological polar surface area (TPSA) is 156 Å². The molecule has 8 rings (SSSR count). The summed E-state index contributed by atoms with van der Waals surface area (Å²) in [5.74, 6) is -1.22. The molecule has 2 N–H and O–H groups in total. The van der Waals surface area contributed by atoms with Crippen molar-refractivity contribution in [3.05, 3.63) is 39.3 Å². The van der Waals surface area contributed by atoms with Crippen LogP contribution in [-0.2, 0) is 17.8 Å². The number of piperazine rings is 1. The Balaban J connectivity index is 1.24. The Kier molecular flexibility index (Phi) is 7.55. The maximum absolute atomic E-state index is 14.3. The number of anilines is 1. The maximum Gasteiger partial charge on any atom is 0.394 e. The van der Waals surface area contributed by atoms with Gasteiger partial charge in [0.1, 0.15) is 24.3 Å². The number of pyridine rings is 1. The van der Waals surface area contributed by atoms with Gasteiger partial charge in [-0.05, 0) is 58.3 Å². The average molecular weight is 671 g/mol. The normalized spacial score (nSPS) is 26.1. The lowest BCUT2D eigenvalue weighted by Crippen LogP contribution is -2.67. The zero-order chi connectivity index (χ0) is 34.3. The number of amides is 2. The zero-order valence-electron chi connectivity index (χ0n) is 27.1. The SMILES string of the molecule is CCc1c(N2CCN(C(=O)c3ncnc(C)c3O)[C@@H]3CC[C@H]32)c(=O)c2nc(OC)c(C)nc2n1CC(=O)NC1CC2(C(F)(F)F)CC1C2. The van der Waals surface area contributed by atoms with Gasteiger partial charge in [0.2, 0.25) is 17.2 Å². The third kappa shape index (κ3) is 4.77. The van der Waals surface area contributed by atoms with E-state index in [1.54, 1.807) is 23.3 Å². The predicted octanol–water partition coefficient (Wildman–Crippen LogP) is 2.82. The first-order valence-electron chi connectivity index (χ1n) is 16.2. The molecule has 0 radical (unpaired) electrons. The molecule has 4 aliphatic carbocycles. The van der Waals surface area contributed by atoms with E-state index >= 15 is 0 Å². The van der Waals surface area contributed by atoms with Crippen LogP contribution in [0.1, 0.15) is 66.6 Å². The van der Waals surface area contributed by atoms with Crippen LogP contribution in [0.15, 0.2) is 11.1 Å². The summed E-state index contributed by atoms with van der Waals surface area (Å²) in [6.45, 7) is 5.39. The Hall–Kier alpha value is -4.50.